The number of benzene rings is 1. The highest BCUT2D eigenvalue weighted by atomic mass is 16.3. The molecule has 1 aromatic heterocycles. The second-order valence-electron chi connectivity index (χ2n) is 4.43. The summed E-state index contributed by atoms with van der Waals surface area (Å²) in [6.45, 7) is 0.765. The Bertz CT molecular complexity index is 614. The minimum Gasteiger partial charge on any atom is -0.503 e. The van der Waals surface area contributed by atoms with E-state index in [9.17, 15) is 9.90 Å². The van der Waals surface area contributed by atoms with Gasteiger partial charge in [-0.05, 0) is 17.7 Å². The highest BCUT2D eigenvalue weighted by Gasteiger charge is 2.31. The van der Waals surface area contributed by atoms with E-state index in [0.717, 1.165) is 5.56 Å². The third-order valence-corrected chi connectivity index (χ3v) is 3.17. The lowest BCUT2D eigenvalue weighted by Crippen LogP contribution is -2.26. The van der Waals surface area contributed by atoms with Crippen molar-refractivity contribution in [2.75, 3.05) is 6.54 Å². The quantitative estimate of drug-likeness (QED) is 0.917. The molecule has 0 bridgehead atoms. The molecule has 1 aliphatic heterocycles. The van der Waals surface area contributed by atoms with E-state index in [1.165, 1.54) is 0 Å². The largest absolute Gasteiger partial charge is 0.503 e. The van der Waals surface area contributed by atoms with Crippen molar-refractivity contribution in [3.8, 4) is 0 Å². The number of carbonyl (C=O) groups excluding carboxylic acids is 1. The van der Waals surface area contributed by atoms with E-state index >= 15 is 0 Å². The second-order valence-corrected chi connectivity index (χ2v) is 4.43. The molecule has 1 aromatic carbocycles. The lowest BCUT2D eigenvalue weighted by molar-refractivity contribution is -0.128. The Morgan fingerprint density at radius 3 is 2.63 bits per heavy atom. The van der Waals surface area contributed by atoms with Crippen molar-refractivity contribution in [3.05, 3.63) is 65.8 Å². The van der Waals surface area contributed by atoms with Crippen molar-refractivity contribution in [3.63, 3.8) is 0 Å². The van der Waals surface area contributed by atoms with Crippen molar-refractivity contribution in [2.45, 2.75) is 6.54 Å². The van der Waals surface area contributed by atoms with Crippen LogP contribution in [0.3, 0.4) is 0 Å². The zero-order valence-corrected chi connectivity index (χ0v) is 10.2. The fourth-order valence-electron chi connectivity index (χ4n) is 2.20. The molecular weight excluding hydrogens is 242 g/mol. The molecule has 2 aromatic rings. The minimum atomic E-state index is -0.352. The van der Waals surface area contributed by atoms with Gasteiger partial charge in [0.1, 0.15) is 5.76 Å². The van der Waals surface area contributed by atoms with Gasteiger partial charge in [0.15, 0.2) is 5.76 Å². The highest BCUT2D eigenvalue weighted by Crippen LogP contribution is 2.27. The number of hydrogen-bond acceptors (Lipinski definition) is 3. The standard InChI is InChI=1S/C15H13NO3/c17-14-13(11-5-2-1-3-6-11)10-16(15(14)18)9-12-7-4-8-19-12/h1-8,17H,9-10H2. The molecule has 19 heavy (non-hydrogen) atoms. The highest BCUT2D eigenvalue weighted by molar-refractivity contribution is 6.03. The van der Waals surface area contributed by atoms with Crippen LogP contribution >= 0.6 is 0 Å². The number of hydrogen-bond donors (Lipinski definition) is 1. The maximum atomic E-state index is 12.0. The lowest BCUT2D eigenvalue weighted by Gasteiger charge is -2.14. The molecule has 0 saturated heterocycles. The number of rotatable bonds is 3. The van der Waals surface area contributed by atoms with Gasteiger partial charge in [0.25, 0.3) is 5.91 Å². The van der Waals surface area contributed by atoms with E-state index in [2.05, 4.69) is 0 Å². The molecule has 4 heteroatoms. The molecular formula is C15H13NO3. The number of carbonyl (C=O) groups is 1. The summed E-state index contributed by atoms with van der Waals surface area (Å²) in [7, 11) is 0. The van der Waals surface area contributed by atoms with Gasteiger partial charge in [-0.3, -0.25) is 4.79 Å². The van der Waals surface area contributed by atoms with Crippen LogP contribution in [0.2, 0.25) is 0 Å². The molecule has 0 radical (unpaired) electrons. The molecule has 1 aliphatic rings. The van der Waals surface area contributed by atoms with Crippen LogP contribution in [0.1, 0.15) is 11.3 Å². The molecule has 3 rings (SSSR count). The van der Waals surface area contributed by atoms with Crippen molar-refractivity contribution in [1.82, 2.24) is 4.90 Å². The monoisotopic (exact) mass is 255 g/mol. The van der Waals surface area contributed by atoms with Gasteiger partial charge in [0.05, 0.1) is 19.4 Å². The Balaban J connectivity index is 1.83. The maximum Gasteiger partial charge on any atom is 0.289 e. The van der Waals surface area contributed by atoms with Crippen LogP contribution in [0, 0.1) is 0 Å². The van der Waals surface area contributed by atoms with Gasteiger partial charge in [0, 0.05) is 5.57 Å². The third-order valence-electron chi connectivity index (χ3n) is 3.17. The zero-order valence-electron chi connectivity index (χ0n) is 10.2. The molecule has 96 valence electrons. The molecule has 0 fully saturated rings. The third kappa shape index (κ3) is 2.12. The number of furan rings is 1. The first-order valence-corrected chi connectivity index (χ1v) is 6.05. The van der Waals surface area contributed by atoms with Gasteiger partial charge in [0.2, 0.25) is 0 Å². The Labute approximate surface area is 110 Å². The Hall–Kier alpha value is -2.49. The van der Waals surface area contributed by atoms with Gasteiger partial charge < -0.3 is 14.4 Å². The predicted octanol–water partition coefficient (Wildman–Crippen LogP) is 2.59. The summed E-state index contributed by atoms with van der Waals surface area (Å²) in [5.41, 5.74) is 1.53. The van der Waals surface area contributed by atoms with Gasteiger partial charge in [-0.15, -0.1) is 0 Å². The van der Waals surface area contributed by atoms with Crippen LogP contribution < -0.4 is 0 Å². The fourth-order valence-corrected chi connectivity index (χ4v) is 2.20. The molecule has 2 heterocycles. The van der Waals surface area contributed by atoms with E-state index in [1.54, 1.807) is 17.2 Å². The summed E-state index contributed by atoms with van der Waals surface area (Å²) < 4.78 is 5.23. The van der Waals surface area contributed by atoms with E-state index in [0.29, 0.717) is 24.4 Å². The molecule has 0 unspecified atom stereocenters. The van der Waals surface area contributed by atoms with Crippen molar-refractivity contribution < 1.29 is 14.3 Å². The second kappa shape index (κ2) is 4.65. The molecule has 1 N–H and O–H groups in total. The van der Waals surface area contributed by atoms with Crippen LogP contribution in [-0.4, -0.2) is 22.5 Å². The van der Waals surface area contributed by atoms with E-state index < -0.39 is 0 Å². The van der Waals surface area contributed by atoms with Crippen molar-refractivity contribution in [2.24, 2.45) is 0 Å². The molecule has 0 atom stereocenters. The Morgan fingerprint density at radius 2 is 1.95 bits per heavy atom. The van der Waals surface area contributed by atoms with Gasteiger partial charge in [-0.2, -0.15) is 0 Å². The SMILES string of the molecule is O=C1C(O)=C(c2ccccc2)CN1Cc1ccco1. The number of nitrogens with zero attached hydrogens (tertiary/aromatic N) is 1. The van der Waals surface area contributed by atoms with Crippen LogP contribution in [-0.2, 0) is 11.3 Å². The van der Waals surface area contributed by atoms with Crippen LogP contribution in [0.15, 0.2) is 58.9 Å². The average Bonchev–Trinajstić information content (AvgIpc) is 3.04. The van der Waals surface area contributed by atoms with Crippen molar-refractivity contribution >= 4 is 11.5 Å². The summed E-state index contributed by atoms with van der Waals surface area (Å²) in [5.74, 6) is 0.184. The van der Waals surface area contributed by atoms with Gasteiger partial charge >= 0.3 is 0 Å². The van der Waals surface area contributed by atoms with Crippen LogP contribution in [0.4, 0.5) is 0 Å². The summed E-state index contributed by atoms with van der Waals surface area (Å²) >= 11 is 0. The Morgan fingerprint density at radius 1 is 1.16 bits per heavy atom. The summed E-state index contributed by atoms with van der Waals surface area (Å²) in [5, 5.41) is 9.97. The fraction of sp³-hybridized carbons (Fsp3) is 0.133. The smallest absolute Gasteiger partial charge is 0.289 e. The Kier molecular flexibility index (Phi) is 2.83. The minimum absolute atomic E-state index is 0.169. The normalized spacial score (nSPS) is 15.4. The summed E-state index contributed by atoms with van der Waals surface area (Å²) in [4.78, 5) is 13.6. The van der Waals surface area contributed by atoms with E-state index in [1.807, 2.05) is 36.4 Å². The number of amides is 1. The number of aliphatic hydroxyl groups excluding tert-OH is 1. The first-order chi connectivity index (χ1) is 9.25. The van der Waals surface area contributed by atoms with Gasteiger partial charge in [-0.1, -0.05) is 30.3 Å². The molecule has 0 aliphatic carbocycles. The summed E-state index contributed by atoms with van der Waals surface area (Å²) in [6, 6.07) is 13.0. The molecule has 1 amide bonds. The summed E-state index contributed by atoms with van der Waals surface area (Å²) in [6.07, 6.45) is 1.57. The molecule has 0 saturated carbocycles. The topological polar surface area (TPSA) is 53.7 Å². The predicted molar refractivity (Wildman–Crippen MR) is 70.1 cm³/mol. The van der Waals surface area contributed by atoms with Crippen molar-refractivity contribution in [1.29, 1.82) is 0 Å². The lowest BCUT2D eigenvalue weighted by atomic mass is 10.1. The number of aliphatic hydroxyl groups is 1. The van der Waals surface area contributed by atoms with E-state index in [4.69, 9.17) is 4.42 Å². The van der Waals surface area contributed by atoms with E-state index in [-0.39, 0.29) is 11.7 Å². The van der Waals surface area contributed by atoms with Crippen LogP contribution in [0.5, 0.6) is 0 Å². The molecule has 0 spiro atoms. The van der Waals surface area contributed by atoms with Gasteiger partial charge in [-0.25, -0.2) is 0 Å². The maximum absolute atomic E-state index is 12.0. The average molecular weight is 255 g/mol. The first-order valence-electron chi connectivity index (χ1n) is 6.05. The first kappa shape index (κ1) is 11.6. The molecule has 4 nitrogen and oxygen atoms in total. The zero-order chi connectivity index (χ0) is 13.2. The van der Waals surface area contributed by atoms with Crippen LogP contribution in [0.25, 0.3) is 5.57 Å².